The number of aromatic hydroxyl groups is 7. The minimum absolute atomic E-state index is 0.00106. The number of hydrogen-bond donors (Lipinski definition) is 7. The molecule has 14 rings (SSSR count). The molecule has 442 valence electrons. The maximum atomic E-state index is 12.7. The molecule has 5 atom stereocenters. The lowest BCUT2D eigenvalue weighted by molar-refractivity contribution is 0.0893. The number of phenols is 7. The third kappa shape index (κ3) is 10.7. The van der Waals surface area contributed by atoms with Crippen LogP contribution in [-0.4, -0.2) is 96.9 Å². The highest BCUT2D eigenvalue weighted by Crippen LogP contribution is 2.55. The first-order chi connectivity index (χ1) is 41.5. The van der Waals surface area contributed by atoms with Crippen molar-refractivity contribution >= 4 is 16.8 Å². The lowest BCUT2D eigenvalue weighted by atomic mass is 9.88. The van der Waals surface area contributed by atoms with Crippen molar-refractivity contribution in [2.45, 2.75) is 36.9 Å². The highest BCUT2D eigenvalue weighted by atomic mass is 16.5. The van der Waals surface area contributed by atoms with E-state index in [1.54, 1.807) is 48.5 Å². The molecule has 86 heavy (non-hydrogen) atoms. The molecule has 6 heterocycles. The van der Waals surface area contributed by atoms with E-state index in [1.807, 2.05) is 12.1 Å². The molecule has 0 bridgehead atoms. The third-order valence-electron chi connectivity index (χ3n) is 15.4. The van der Waals surface area contributed by atoms with Gasteiger partial charge in [-0.05, 0) is 91.3 Å². The van der Waals surface area contributed by atoms with Crippen LogP contribution in [0.5, 0.6) is 97.7 Å². The fourth-order valence-corrected chi connectivity index (χ4v) is 11.1. The van der Waals surface area contributed by atoms with Crippen LogP contribution in [0, 0.1) is 6.92 Å². The highest BCUT2D eigenvalue weighted by molar-refractivity contribution is 6.04. The number of aryl methyl sites for hydroxylation is 1. The predicted octanol–water partition coefficient (Wildman–Crippen LogP) is 11.4. The Kier molecular flexibility index (Phi) is 15.6. The van der Waals surface area contributed by atoms with Gasteiger partial charge in [0.05, 0.1) is 83.0 Å². The smallest absolute Gasteiger partial charge is 0.201 e. The Balaban J connectivity index is 0.000000119. The SMILES string of the molecule is COc1cc(O)c([C@@H]2COc3cc(O)ccc3C2=O)cc1OC.COc1cc2c(cc1O)C1COc3cc(O)ccc3C1O2.COc1ccc(-c2coc3cc(O)ccc3c2=O)c(OC)c1O.Cc1ccc2c(c1)OC1c3ccc(O)cc3OCC21. The molecule has 0 fully saturated rings. The highest BCUT2D eigenvalue weighted by Gasteiger charge is 2.43. The molecule has 20 nitrogen and oxygen atoms in total. The van der Waals surface area contributed by atoms with Gasteiger partial charge in [-0.2, -0.15) is 0 Å². The Morgan fingerprint density at radius 2 is 0.977 bits per heavy atom. The molecular formula is C66H58O20. The molecule has 1 aromatic heterocycles. The van der Waals surface area contributed by atoms with E-state index in [4.69, 9.17) is 51.8 Å². The van der Waals surface area contributed by atoms with Gasteiger partial charge in [-0.15, -0.1) is 0 Å². The van der Waals surface area contributed by atoms with Crippen molar-refractivity contribution in [3.8, 4) is 109 Å². The lowest BCUT2D eigenvalue weighted by Crippen LogP contribution is -2.26. The predicted molar refractivity (Wildman–Crippen MR) is 311 cm³/mol. The number of carbonyl (C=O) groups excluding carboxylic acids is 1. The summed E-state index contributed by atoms with van der Waals surface area (Å²) < 4.78 is 60.3. The molecule has 5 aliphatic rings. The van der Waals surface area contributed by atoms with Crippen LogP contribution >= 0.6 is 0 Å². The normalized spacial score (nSPS) is 17.6. The molecule has 5 aliphatic heterocycles. The molecule has 8 aromatic carbocycles. The summed E-state index contributed by atoms with van der Waals surface area (Å²) in [5.74, 6) is 4.59. The fraction of sp³-hybridized carbons (Fsp3) is 0.212. The van der Waals surface area contributed by atoms with E-state index < -0.39 is 5.92 Å². The molecule has 7 N–H and O–H groups in total. The first-order valence-corrected chi connectivity index (χ1v) is 26.9. The maximum Gasteiger partial charge on any atom is 0.201 e. The largest absolute Gasteiger partial charge is 0.508 e. The van der Waals surface area contributed by atoms with E-state index >= 15 is 0 Å². The Morgan fingerprint density at radius 1 is 0.430 bits per heavy atom. The van der Waals surface area contributed by atoms with E-state index in [9.17, 15) is 45.3 Å². The van der Waals surface area contributed by atoms with Gasteiger partial charge in [0.1, 0.15) is 88.2 Å². The zero-order valence-corrected chi connectivity index (χ0v) is 47.1. The maximum absolute atomic E-state index is 12.7. The summed E-state index contributed by atoms with van der Waals surface area (Å²) in [6.07, 6.45) is 1.10. The van der Waals surface area contributed by atoms with E-state index in [0.29, 0.717) is 69.8 Å². The fourth-order valence-electron chi connectivity index (χ4n) is 11.1. The molecule has 0 aliphatic carbocycles. The molecule has 0 radical (unpaired) electrons. The van der Waals surface area contributed by atoms with Crippen molar-refractivity contribution in [2.24, 2.45) is 0 Å². The van der Waals surface area contributed by atoms with Crippen LogP contribution in [0.3, 0.4) is 0 Å². The van der Waals surface area contributed by atoms with E-state index in [2.05, 4.69) is 25.1 Å². The summed E-state index contributed by atoms with van der Waals surface area (Å²) in [5.41, 5.74) is 6.62. The minimum Gasteiger partial charge on any atom is -0.508 e. The number of rotatable bonds is 7. The van der Waals surface area contributed by atoms with Gasteiger partial charge in [0.2, 0.25) is 11.2 Å². The quantitative estimate of drug-likeness (QED) is 0.0781. The van der Waals surface area contributed by atoms with E-state index in [1.165, 1.54) is 101 Å². The van der Waals surface area contributed by atoms with Gasteiger partial charge in [-0.3, -0.25) is 9.59 Å². The first kappa shape index (κ1) is 57.1. The topological polar surface area (TPSA) is 281 Å². The van der Waals surface area contributed by atoms with Crippen molar-refractivity contribution < 1.29 is 92.3 Å². The van der Waals surface area contributed by atoms with Gasteiger partial charge >= 0.3 is 0 Å². The van der Waals surface area contributed by atoms with Gasteiger partial charge in [0.15, 0.2) is 40.3 Å². The number of Topliss-reactive ketones (excluding diaryl/α,β-unsaturated/α-hetero) is 1. The van der Waals surface area contributed by atoms with Crippen LogP contribution in [0.1, 0.15) is 73.7 Å². The monoisotopic (exact) mass is 1170 g/mol. The molecule has 0 saturated carbocycles. The number of ether oxygens (including phenoxy) is 10. The van der Waals surface area contributed by atoms with Crippen molar-refractivity contribution in [2.75, 3.05) is 55.4 Å². The number of methoxy groups -OCH3 is 5. The van der Waals surface area contributed by atoms with Gasteiger partial charge in [-0.1, -0.05) is 12.1 Å². The van der Waals surface area contributed by atoms with Gasteiger partial charge in [0.25, 0.3) is 0 Å². The zero-order valence-electron chi connectivity index (χ0n) is 47.1. The van der Waals surface area contributed by atoms with E-state index in [0.717, 1.165) is 28.2 Å². The van der Waals surface area contributed by atoms with E-state index in [-0.39, 0.29) is 105 Å². The number of hydrogen-bond acceptors (Lipinski definition) is 20. The van der Waals surface area contributed by atoms with Crippen molar-refractivity contribution in [3.05, 3.63) is 183 Å². The first-order valence-electron chi connectivity index (χ1n) is 26.9. The van der Waals surface area contributed by atoms with Crippen LogP contribution in [0.15, 0.2) is 143 Å². The molecule has 20 heteroatoms. The number of benzene rings is 8. The van der Waals surface area contributed by atoms with Crippen LogP contribution in [-0.2, 0) is 0 Å². The number of fused-ring (bicyclic) bond motifs is 12. The summed E-state index contributed by atoms with van der Waals surface area (Å²) in [6.45, 7) is 3.17. The Labute approximate surface area is 491 Å². The second-order valence-corrected chi connectivity index (χ2v) is 20.5. The summed E-state index contributed by atoms with van der Waals surface area (Å²) in [4.78, 5) is 25.4. The van der Waals surface area contributed by atoms with Gasteiger partial charge < -0.3 is 87.5 Å². The second-order valence-electron chi connectivity index (χ2n) is 20.5. The molecular weight excluding hydrogens is 1110 g/mol. The molecule has 9 aromatic rings. The molecule has 0 spiro atoms. The standard InChI is InChI=1S/C17H16O6.C17H14O6.C16H14O5.C16H14O3/c1-21-15-6-11(13(19)7-16(15)22-2)12-8-23-14-5-9(18)3-4-10(14)17(12)20;1-21-13-6-5-10(17(22-2)16(13)20)12-8-23-14-7-9(18)3-4-11(14)15(12)19;1-19-15-6-14-10(5-12(15)18)11-7-20-13-4-8(17)2-3-9(13)16(11)21-14;1-9-2-4-11-13-8-18-14-7-10(17)3-5-12(14)16(13)19-15(11)6-9/h3-7,12,18-19H,8H2,1-2H3;3-8,18,20H,1-2H3;2-6,11,16-18H,7H2,1H3;2-7,13,16-17H,8H2,1H3/t12-;;;/m0.../s1. The summed E-state index contributed by atoms with van der Waals surface area (Å²) in [5, 5.41) is 68.6. The lowest BCUT2D eigenvalue weighted by Gasteiger charge is -2.27. The van der Waals surface area contributed by atoms with Crippen LogP contribution in [0.2, 0.25) is 0 Å². The Morgan fingerprint density at radius 3 is 1.62 bits per heavy atom. The van der Waals surface area contributed by atoms with Gasteiger partial charge in [0, 0.05) is 69.8 Å². The second kappa shape index (κ2) is 23.5. The number of ketones is 1. The summed E-state index contributed by atoms with van der Waals surface area (Å²) >= 11 is 0. The minimum atomic E-state index is -0.660. The van der Waals surface area contributed by atoms with Gasteiger partial charge in [-0.25, -0.2) is 0 Å². The third-order valence-corrected chi connectivity index (χ3v) is 15.4. The summed E-state index contributed by atoms with van der Waals surface area (Å²) in [6, 6.07) is 34.7. The number of carbonyl (C=O) groups is 1. The zero-order chi connectivity index (χ0) is 60.7. The van der Waals surface area contributed by atoms with Crippen molar-refractivity contribution in [1.82, 2.24) is 0 Å². The molecule has 4 unspecified atom stereocenters. The number of phenolic OH excluding ortho intramolecular Hbond substituents is 7. The van der Waals surface area contributed by atoms with Crippen LogP contribution in [0.4, 0.5) is 0 Å². The van der Waals surface area contributed by atoms with Crippen LogP contribution in [0.25, 0.3) is 22.1 Å². The summed E-state index contributed by atoms with van der Waals surface area (Å²) in [7, 11) is 7.26. The van der Waals surface area contributed by atoms with Crippen molar-refractivity contribution in [3.63, 3.8) is 0 Å². The Hall–Kier alpha value is -10.8. The average molecular weight is 1170 g/mol. The average Bonchev–Trinajstić information content (AvgIpc) is 2.47. The Bertz CT molecular complexity index is 4150. The molecule has 0 saturated heterocycles. The molecule has 0 amide bonds. The van der Waals surface area contributed by atoms with Crippen molar-refractivity contribution in [1.29, 1.82) is 0 Å². The van der Waals surface area contributed by atoms with Crippen LogP contribution < -0.4 is 52.8 Å².